The molecule has 0 aromatic heterocycles. The summed E-state index contributed by atoms with van der Waals surface area (Å²) in [5.74, 6) is 0. The highest BCUT2D eigenvalue weighted by molar-refractivity contribution is 5.73. The number of likely N-dealkylation sites (N-methyl/N-ethyl adjacent to an activating group) is 1. The van der Waals surface area contributed by atoms with E-state index in [4.69, 9.17) is 4.74 Å². The third kappa shape index (κ3) is 7.11. The zero-order valence-electron chi connectivity index (χ0n) is 13.3. The molecule has 0 saturated carbocycles. The summed E-state index contributed by atoms with van der Waals surface area (Å²) in [4.78, 5) is 13.4. The lowest BCUT2D eigenvalue weighted by Gasteiger charge is -2.25. The number of aliphatic hydroxyl groups is 1. The number of hydrogen-bond donors (Lipinski definition) is 2. The third-order valence-corrected chi connectivity index (χ3v) is 2.91. The predicted octanol–water partition coefficient (Wildman–Crippen LogP) is 2.14. The van der Waals surface area contributed by atoms with Crippen LogP contribution in [0, 0.1) is 0 Å². The fraction of sp³-hybridized carbons (Fsp3) is 0.562. The first-order valence-electron chi connectivity index (χ1n) is 7.18. The average molecular weight is 294 g/mol. The van der Waals surface area contributed by atoms with Gasteiger partial charge in [0.25, 0.3) is 0 Å². The van der Waals surface area contributed by atoms with Gasteiger partial charge in [-0.3, -0.25) is 0 Å². The topological polar surface area (TPSA) is 61.8 Å². The number of nitrogens with zero attached hydrogens (tertiary/aromatic N) is 1. The van der Waals surface area contributed by atoms with Crippen LogP contribution in [0.5, 0.6) is 0 Å². The van der Waals surface area contributed by atoms with Gasteiger partial charge in [0.2, 0.25) is 0 Å². The van der Waals surface area contributed by atoms with E-state index in [0.29, 0.717) is 19.8 Å². The Balaban J connectivity index is 2.42. The van der Waals surface area contributed by atoms with E-state index in [9.17, 15) is 9.90 Å². The van der Waals surface area contributed by atoms with Crippen LogP contribution in [0.25, 0.3) is 0 Å². The Morgan fingerprint density at radius 1 is 1.29 bits per heavy atom. The third-order valence-electron chi connectivity index (χ3n) is 2.91. The molecule has 5 nitrogen and oxygen atoms in total. The molecule has 2 amide bonds. The molecule has 2 N–H and O–H groups in total. The molecule has 0 fully saturated rings. The van der Waals surface area contributed by atoms with Crippen LogP contribution in [-0.2, 0) is 17.9 Å². The van der Waals surface area contributed by atoms with Crippen LogP contribution in [0.2, 0.25) is 0 Å². The molecule has 0 unspecified atom stereocenters. The van der Waals surface area contributed by atoms with Crippen molar-refractivity contribution in [3.8, 4) is 0 Å². The van der Waals surface area contributed by atoms with Gasteiger partial charge in [-0.15, -0.1) is 0 Å². The molecule has 1 rings (SSSR count). The smallest absolute Gasteiger partial charge is 0.317 e. The standard InChI is InChI=1S/C16H26N2O3/c1-5-21-11-14-8-6-13(7-9-14)10-17-15(19)18(4)12-16(2,3)20/h6-9,20H,5,10-12H2,1-4H3,(H,17,19). The van der Waals surface area contributed by atoms with Crippen molar-refractivity contribution < 1.29 is 14.6 Å². The van der Waals surface area contributed by atoms with E-state index in [1.54, 1.807) is 20.9 Å². The number of benzene rings is 1. The maximum Gasteiger partial charge on any atom is 0.317 e. The van der Waals surface area contributed by atoms with Gasteiger partial charge in [-0.2, -0.15) is 0 Å². The van der Waals surface area contributed by atoms with Crippen LogP contribution in [-0.4, -0.2) is 41.8 Å². The summed E-state index contributed by atoms with van der Waals surface area (Å²) in [5, 5.41) is 12.5. The van der Waals surface area contributed by atoms with Gasteiger partial charge < -0.3 is 20.1 Å². The van der Waals surface area contributed by atoms with Crippen LogP contribution < -0.4 is 5.32 Å². The molecule has 0 atom stereocenters. The van der Waals surface area contributed by atoms with Crippen LogP contribution in [0.15, 0.2) is 24.3 Å². The molecule has 1 aromatic carbocycles. The second kappa shape index (κ2) is 8.00. The summed E-state index contributed by atoms with van der Waals surface area (Å²) in [6.45, 7) is 7.37. The number of nitrogens with one attached hydrogen (secondary N) is 1. The van der Waals surface area contributed by atoms with Gasteiger partial charge in [0.1, 0.15) is 0 Å². The van der Waals surface area contributed by atoms with Crippen molar-refractivity contribution in [3.63, 3.8) is 0 Å². The minimum atomic E-state index is -0.896. The summed E-state index contributed by atoms with van der Waals surface area (Å²) < 4.78 is 5.34. The Hall–Kier alpha value is -1.59. The van der Waals surface area contributed by atoms with Crippen molar-refractivity contribution in [3.05, 3.63) is 35.4 Å². The maximum atomic E-state index is 11.9. The normalized spacial score (nSPS) is 11.3. The summed E-state index contributed by atoms with van der Waals surface area (Å²) in [6.07, 6.45) is 0. The molecular weight excluding hydrogens is 268 g/mol. The number of rotatable bonds is 7. The number of carbonyl (C=O) groups excluding carboxylic acids is 1. The second-order valence-electron chi connectivity index (χ2n) is 5.78. The molecule has 1 aromatic rings. The molecule has 5 heteroatoms. The Labute approximate surface area is 126 Å². The lowest BCUT2D eigenvalue weighted by Crippen LogP contribution is -2.44. The zero-order chi connectivity index (χ0) is 15.9. The fourth-order valence-electron chi connectivity index (χ4n) is 1.94. The first kappa shape index (κ1) is 17.5. The Bertz CT molecular complexity index is 438. The van der Waals surface area contributed by atoms with Gasteiger partial charge in [-0.1, -0.05) is 24.3 Å². The highest BCUT2D eigenvalue weighted by atomic mass is 16.5. The molecule has 0 bridgehead atoms. The number of amides is 2. The minimum absolute atomic E-state index is 0.199. The second-order valence-corrected chi connectivity index (χ2v) is 5.78. The van der Waals surface area contributed by atoms with Gasteiger partial charge in [0, 0.05) is 20.2 Å². The quantitative estimate of drug-likeness (QED) is 0.810. The van der Waals surface area contributed by atoms with Crippen molar-refractivity contribution in [1.82, 2.24) is 10.2 Å². The van der Waals surface area contributed by atoms with Gasteiger partial charge in [0.05, 0.1) is 18.8 Å². The summed E-state index contributed by atoms with van der Waals surface area (Å²) in [6, 6.07) is 7.75. The van der Waals surface area contributed by atoms with Gasteiger partial charge in [-0.05, 0) is 31.9 Å². The number of hydrogen-bond acceptors (Lipinski definition) is 3. The lowest BCUT2D eigenvalue weighted by molar-refractivity contribution is 0.0531. The Kier molecular flexibility index (Phi) is 6.65. The lowest BCUT2D eigenvalue weighted by atomic mass is 10.1. The molecule has 0 spiro atoms. The molecule has 0 heterocycles. The Morgan fingerprint density at radius 2 is 1.86 bits per heavy atom. The highest BCUT2D eigenvalue weighted by Crippen LogP contribution is 2.07. The predicted molar refractivity (Wildman–Crippen MR) is 82.9 cm³/mol. The largest absolute Gasteiger partial charge is 0.389 e. The van der Waals surface area contributed by atoms with Crippen LogP contribution >= 0.6 is 0 Å². The molecule has 0 saturated heterocycles. The van der Waals surface area contributed by atoms with Crippen molar-refractivity contribution in [1.29, 1.82) is 0 Å². The summed E-state index contributed by atoms with van der Waals surface area (Å²) in [7, 11) is 1.67. The highest BCUT2D eigenvalue weighted by Gasteiger charge is 2.18. The molecule has 21 heavy (non-hydrogen) atoms. The van der Waals surface area contributed by atoms with Crippen molar-refractivity contribution in [2.24, 2.45) is 0 Å². The fourth-order valence-corrected chi connectivity index (χ4v) is 1.94. The van der Waals surface area contributed by atoms with E-state index in [0.717, 1.165) is 11.1 Å². The number of urea groups is 1. The van der Waals surface area contributed by atoms with E-state index in [2.05, 4.69) is 5.32 Å². The maximum absolute atomic E-state index is 11.9. The Morgan fingerprint density at radius 3 is 2.38 bits per heavy atom. The molecule has 0 radical (unpaired) electrons. The monoisotopic (exact) mass is 294 g/mol. The van der Waals surface area contributed by atoms with Crippen LogP contribution in [0.1, 0.15) is 31.9 Å². The van der Waals surface area contributed by atoms with Crippen LogP contribution in [0.4, 0.5) is 4.79 Å². The van der Waals surface area contributed by atoms with Crippen molar-refractivity contribution in [2.45, 2.75) is 39.5 Å². The molecule has 0 aliphatic rings. The molecular formula is C16H26N2O3. The van der Waals surface area contributed by atoms with E-state index >= 15 is 0 Å². The van der Waals surface area contributed by atoms with E-state index in [1.807, 2.05) is 31.2 Å². The first-order chi connectivity index (χ1) is 9.81. The van der Waals surface area contributed by atoms with Crippen molar-refractivity contribution >= 4 is 6.03 Å². The van der Waals surface area contributed by atoms with E-state index in [1.165, 1.54) is 4.90 Å². The number of ether oxygens (including phenoxy) is 1. The van der Waals surface area contributed by atoms with E-state index in [-0.39, 0.29) is 12.6 Å². The van der Waals surface area contributed by atoms with Crippen molar-refractivity contribution in [2.75, 3.05) is 20.2 Å². The SMILES string of the molecule is CCOCc1ccc(CNC(=O)N(C)CC(C)(C)O)cc1. The summed E-state index contributed by atoms with van der Waals surface area (Å²) >= 11 is 0. The molecule has 0 aliphatic carbocycles. The minimum Gasteiger partial charge on any atom is -0.389 e. The summed E-state index contributed by atoms with van der Waals surface area (Å²) in [5.41, 5.74) is 1.25. The van der Waals surface area contributed by atoms with E-state index < -0.39 is 5.60 Å². The molecule has 0 aliphatic heterocycles. The number of carbonyl (C=O) groups is 1. The van der Waals surface area contributed by atoms with Gasteiger partial charge >= 0.3 is 6.03 Å². The van der Waals surface area contributed by atoms with Crippen LogP contribution in [0.3, 0.4) is 0 Å². The van der Waals surface area contributed by atoms with Gasteiger partial charge in [-0.25, -0.2) is 4.79 Å². The van der Waals surface area contributed by atoms with Gasteiger partial charge in [0.15, 0.2) is 0 Å². The zero-order valence-corrected chi connectivity index (χ0v) is 13.3. The average Bonchev–Trinajstić information content (AvgIpc) is 2.41. The first-order valence-corrected chi connectivity index (χ1v) is 7.18. The molecule has 118 valence electrons.